The number of ether oxygens (including phenoxy) is 1. The van der Waals surface area contributed by atoms with Gasteiger partial charge in [0.05, 0.1) is 6.61 Å². The molecule has 1 N–H and O–H groups in total. The Bertz CT molecular complexity index is 646. The van der Waals surface area contributed by atoms with Crippen LogP contribution in [0.3, 0.4) is 0 Å². The van der Waals surface area contributed by atoms with Gasteiger partial charge < -0.3 is 14.6 Å². The van der Waals surface area contributed by atoms with Gasteiger partial charge >= 0.3 is 0 Å². The van der Waals surface area contributed by atoms with Crippen molar-refractivity contribution >= 4 is 22.6 Å². The highest BCUT2D eigenvalue weighted by molar-refractivity contribution is 6.08. The van der Waals surface area contributed by atoms with Crippen molar-refractivity contribution in [1.29, 1.82) is 0 Å². The quantitative estimate of drug-likeness (QED) is 0.626. The number of amides is 1. The lowest BCUT2D eigenvalue weighted by Crippen LogP contribution is -2.30. The molecule has 112 valence electrons. The molecule has 0 aliphatic heterocycles. The molecular formula is C16H20N2O3. The number of nitrogens with one attached hydrogen (secondary N) is 1. The van der Waals surface area contributed by atoms with Gasteiger partial charge in [0.25, 0.3) is 0 Å². The summed E-state index contributed by atoms with van der Waals surface area (Å²) >= 11 is 0. The number of benzene rings is 1. The first kappa shape index (κ1) is 15.3. The Kier molecular flexibility index (Phi) is 5.11. The van der Waals surface area contributed by atoms with E-state index in [9.17, 15) is 9.59 Å². The summed E-state index contributed by atoms with van der Waals surface area (Å²) < 4.78 is 6.72. The number of hydrogen-bond donors (Lipinski definition) is 1. The lowest BCUT2D eigenvalue weighted by atomic mass is 10.1. The Morgan fingerprint density at radius 2 is 2.05 bits per heavy atom. The monoisotopic (exact) mass is 288 g/mol. The van der Waals surface area contributed by atoms with Crippen molar-refractivity contribution in [2.45, 2.75) is 19.9 Å². The van der Waals surface area contributed by atoms with Crippen molar-refractivity contribution in [3.63, 3.8) is 0 Å². The third kappa shape index (κ3) is 3.49. The first-order chi connectivity index (χ1) is 10.2. The van der Waals surface area contributed by atoms with Gasteiger partial charge in [0.1, 0.15) is 6.54 Å². The molecule has 1 aromatic carbocycles. The minimum atomic E-state index is -0.0942. The highest BCUT2D eigenvalue weighted by Gasteiger charge is 2.14. The molecule has 5 nitrogen and oxygen atoms in total. The summed E-state index contributed by atoms with van der Waals surface area (Å²) in [6, 6.07) is 7.64. The lowest BCUT2D eigenvalue weighted by molar-refractivity contribution is -0.121. The van der Waals surface area contributed by atoms with E-state index in [0.717, 1.165) is 10.9 Å². The molecule has 2 rings (SSSR count). The van der Waals surface area contributed by atoms with Crippen molar-refractivity contribution < 1.29 is 14.3 Å². The number of nitrogens with zero attached hydrogens (tertiary/aromatic N) is 1. The van der Waals surface area contributed by atoms with Gasteiger partial charge in [-0.1, -0.05) is 25.1 Å². The average molecular weight is 288 g/mol. The van der Waals surface area contributed by atoms with Crippen molar-refractivity contribution in [1.82, 2.24) is 9.88 Å². The molecule has 0 unspecified atom stereocenters. The Hall–Kier alpha value is -2.14. The van der Waals surface area contributed by atoms with E-state index in [1.165, 1.54) is 0 Å². The second-order valence-electron chi connectivity index (χ2n) is 4.81. The number of Topliss-reactive ketones (excluding diaryl/α,β-unsaturated/α-hetero) is 1. The molecule has 0 saturated heterocycles. The summed E-state index contributed by atoms with van der Waals surface area (Å²) in [7, 11) is 1.59. The topological polar surface area (TPSA) is 60.3 Å². The normalized spacial score (nSPS) is 10.8. The minimum Gasteiger partial charge on any atom is -0.383 e. The van der Waals surface area contributed by atoms with Gasteiger partial charge in [0.15, 0.2) is 5.78 Å². The van der Waals surface area contributed by atoms with Crippen molar-refractivity contribution in [3.05, 3.63) is 36.0 Å². The minimum absolute atomic E-state index is 0.0877. The Labute approximate surface area is 123 Å². The second kappa shape index (κ2) is 7.04. The molecule has 5 heteroatoms. The predicted molar refractivity (Wildman–Crippen MR) is 81.4 cm³/mol. The maximum absolute atomic E-state index is 12.0. The van der Waals surface area contributed by atoms with Crippen molar-refractivity contribution in [2.24, 2.45) is 0 Å². The molecule has 0 saturated carbocycles. The van der Waals surface area contributed by atoms with Crippen LogP contribution in [0.5, 0.6) is 0 Å². The Morgan fingerprint density at radius 3 is 2.76 bits per heavy atom. The van der Waals surface area contributed by atoms with Gasteiger partial charge in [-0.05, 0) is 6.07 Å². The van der Waals surface area contributed by atoms with Crippen LogP contribution in [0.4, 0.5) is 0 Å². The molecule has 0 fully saturated rings. The number of para-hydroxylation sites is 1. The summed E-state index contributed by atoms with van der Waals surface area (Å²) in [5, 5.41) is 3.68. The standard InChI is InChI=1S/C16H20N2O3/c1-3-15(19)13-10-18(11-16(20)17-8-9-21-2)14-7-5-4-6-12(13)14/h4-7,10H,3,8-9,11H2,1-2H3,(H,17,20). The molecule has 0 bridgehead atoms. The van der Waals surface area contributed by atoms with Crippen LogP contribution < -0.4 is 5.32 Å². The fraction of sp³-hybridized carbons (Fsp3) is 0.375. The third-order valence-corrected chi connectivity index (χ3v) is 3.35. The highest BCUT2D eigenvalue weighted by Crippen LogP contribution is 2.22. The summed E-state index contributed by atoms with van der Waals surface area (Å²) in [6.07, 6.45) is 2.22. The van der Waals surface area contributed by atoms with Crippen LogP contribution in [0.15, 0.2) is 30.5 Å². The van der Waals surface area contributed by atoms with Crippen LogP contribution in [0.2, 0.25) is 0 Å². The molecule has 0 aliphatic rings. The zero-order chi connectivity index (χ0) is 15.2. The number of fused-ring (bicyclic) bond motifs is 1. The number of aromatic nitrogens is 1. The van der Waals surface area contributed by atoms with Gasteiger partial charge in [-0.25, -0.2) is 0 Å². The van der Waals surface area contributed by atoms with Gasteiger partial charge in [0, 0.05) is 42.7 Å². The Morgan fingerprint density at radius 1 is 1.29 bits per heavy atom. The number of carbonyl (C=O) groups excluding carboxylic acids is 2. The second-order valence-corrected chi connectivity index (χ2v) is 4.81. The summed E-state index contributed by atoms with van der Waals surface area (Å²) in [4.78, 5) is 23.9. The number of carbonyl (C=O) groups is 2. The molecule has 0 atom stereocenters. The molecule has 0 aliphatic carbocycles. The van der Waals surface area contributed by atoms with E-state index in [-0.39, 0.29) is 18.2 Å². The maximum atomic E-state index is 12.0. The van der Waals surface area contributed by atoms with Gasteiger partial charge in [0.2, 0.25) is 5.91 Å². The summed E-state index contributed by atoms with van der Waals surface area (Å²) in [6.45, 7) is 3.00. The molecule has 1 amide bonds. The summed E-state index contributed by atoms with van der Waals surface area (Å²) in [5.41, 5.74) is 1.58. The molecular weight excluding hydrogens is 268 g/mol. The zero-order valence-electron chi connectivity index (χ0n) is 12.4. The van der Waals surface area contributed by atoms with Gasteiger partial charge in [-0.2, -0.15) is 0 Å². The van der Waals surface area contributed by atoms with Crippen molar-refractivity contribution in [3.8, 4) is 0 Å². The summed E-state index contributed by atoms with van der Waals surface area (Å²) in [5.74, 6) is -0.00644. The fourth-order valence-electron chi connectivity index (χ4n) is 2.29. The third-order valence-electron chi connectivity index (χ3n) is 3.35. The van der Waals surface area contributed by atoms with Crippen LogP contribution in [0, 0.1) is 0 Å². The molecule has 1 heterocycles. The lowest BCUT2D eigenvalue weighted by Gasteiger charge is -2.06. The van der Waals surface area contributed by atoms with Crippen molar-refractivity contribution in [2.75, 3.05) is 20.3 Å². The van der Waals surface area contributed by atoms with Crippen LogP contribution >= 0.6 is 0 Å². The highest BCUT2D eigenvalue weighted by atomic mass is 16.5. The van der Waals surface area contributed by atoms with E-state index >= 15 is 0 Å². The largest absolute Gasteiger partial charge is 0.383 e. The predicted octanol–water partition coefficient (Wildman–Crippen LogP) is 2.00. The van der Waals surface area contributed by atoms with E-state index in [2.05, 4.69) is 5.32 Å². The smallest absolute Gasteiger partial charge is 0.240 e. The molecule has 21 heavy (non-hydrogen) atoms. The van der Waals surface area contributed by atoms with Crippen LogP contribution in [0.1, 0.15) is 23.7 Å². The van der Waals surface area contributed by atoms with Crippen LogP contribution in [-0.4, -0.2) is 36.5 Å². The van der Waals surface area contributed by atoms with E-state index < -0.39 is 0 Å². The Balaban J connectivity index is 2.24. The number of ketones is 1. The van der Waals surface area contributed by atoms with Gasteiger partial charge in [-0.3, -0.25) is 9.59 Å². The molecule has 0 radical (unpaired) electrons. The zero-order valence-corrected chi connectivity index (χ0v) is 12.4. The first-order valence-corrected chi connectivity index (χ1v) is 7.04. The van der Waals surface area contributed by atoms with Crippen LogP contribution in [-0.2, 0) is 16.1 Å². The van der Waals surface area contributed by atoms with E-state index in [0.29, 0.717) is 25.1 Å². The van der Waals surface area contributed by atoms with E-state index in [4.69, 9.17) is 4.74 Å². The number of methoxy groups -OCH3 is 1. The number of hydrogen-bond acceptors (Lipinski definition) is 3. The SMILES string of the molecule is CCC(=O)c1cn(CC(=O)NCCOC)c2ccccc12. The van der Waals surface area contributed by atoms with E-state index in [1.807, 2.05) is 35.8 Å². The fourth-order valence-corrected chi connectivity index (χ4v) is 2.29. The molecule has 1 aromatic heterocycles. The average Bonchev–Trinajstić information content (AvgIpc) is 2.86. The van der Waals surface area contributed by atoms with E-state index in [1.54, 1.807) is 13.3 Å². The molecule has 2 aromatic rings. The van der Waals surface area contributed by atoms with Crippen LogP contribution in [0.25, 0.3) is 10.9 Å². The van der Waals surface area contributed by atoms with Gasteiger partial charge in [-0.15, -0.1) is 0 Å². The first-order valence-electron chi connectivity index (χ1n) is 7.04. The number of rotatable bonds is 7. The molecule has 0 spiro atoms. The maximum Gasteiger partial charge on any atom is 0.240 e.